The van der Waals surface area contributed by atoms with Gasteiger partial charge in [0.15, 0.2) is 5.58 Å². The molecule has 0 aliphatic heterocycles. The van der Waals surface area contributed by atoms with E-state index in [1.165, 1.54) is 0 Å². The minimum Gasteiger partial charge on any atom is -0.437 e. The van der Waals surface area contributed by atoms with Crippen molar-refractivity contribution in [1.82, 2.24) is 9.97 Å². The molecule has 1 aromatic carbocycles. The van der Waals surface area contributed by atoms with Crippen LogP contribution in [0, 0.1) is 0 Å². The molecule has 4 nitrogen and oxygen atoms in total. The summed E-state index contributed by atoms with van der Waals surface area (Å²) in [4.78, 5) is 11.7. The number of rotatable bonds is 3. The van der Waals surface area contributed by atoms with Gasteiger partial charge in [-0.05, 0) is 18.2 Å². The number of thiazole rings is 1. The smallest absolute Gasteiger partial charge is 0.220 e. The molecular weight excluding hydrogens is 258 g/mol. The largest absolute Gasteiger partial charge is 0.437 e. The fourth-order valence-electron chi connectivity index (χ4n) is 1.84. The number of hydrogen-bond donors (Lipinski definition) is 0. The molecule has 0 aliphatic rings. The van der Waals surface area contributed by atoms with Crippen LogP contribution in [0.25, 0.3) is 23.3 Å². The zero-order valence-electron chi connectivity index (χ0n) is 10.7. The number of nitrogens with zero attached hydrogens (tertiary/aromatic N) is 3. The third-order valence-electron chi connectivity index (χ3n) is 2.74. The van der Waals surface area contributed by atoms with Crippen LogP contribution in [0.1, 0.15) is 10.8 Å². The summed E-state index contributed by atoms with van der Waals surface area (Å²) < 4.78 is 5.72. The van der Waals surface area contributed by atoms with E-state index in [4.69, 9.17) is 4.42 Å². The molecule has 0 saturated heterocycles. The lowest BCUT2D eigenvalue weighted by molar-refractivity contribution is 0.590. The van der Waals surface area contributed by atoms with Crippen molar-refractivity contribution in [1.29, 1.82) is 0 Å². The number of para-hydroxylation sites is 1. The quantitative estimate of drug-likeness (QED) is 0.731. The highest BCUT2D eigenvalue weighted by atomic mass is 32.1. The molecule has 0 atom stereocenters. The highest BCUT2D eigenvalue weighted by Crippen LogP contribution is 2.26. The maximum atomic E-state index is 5.72. The van der Waals surface area contributed by atoms with E-state index >= 15 is 0 Å². The van der Waals surface area contributed by atoms with E-state index in [1.807, 2.05) is 55.5 Å². The maximum Gasteiger partial charge on any atom is 0.220 e. The number of oxazole rings is 1. The lowest BCUT2D eigenvalue weighted by Gasteiger charge is -2.11. The molecule has 3 rings (SSSR count). The van der Waals surface area contributed by atoms with Crippen LogP contribution in [0.5, 0.6) is 0 Å². The molecule has 19 heavy (non-hydrogen) atoms. The second-order valence-corrected chi connectivity index (χ2v) is 5.23. The average Bonchev–Trinajstić information content (AvgIpc) is 3.04. The first-order chi connectivity index (χ1) is 9.24. The molecule has 96 valence electrons. The molecule has 0 saturated carbocycles. The van der Waals surface area contributed by atoms with Gasteiger partial charge in [-0.15, -0.1) is 11.3 Å². The Bertz CT molecular complexity index is 713. The Morgan fingerprint density at radius 3 is 2.89 bits per heavy atom. The van der Waals surface area contributed by atoms with Crippen LogP contribution in [0.4, 0.5) is 5.69 Å². The van der Waals surface area contributed by atoms with E-state index in [0.717, 1.165) is 21.7 Å². The monoisotopic (exact) mass is 271 g/mol. The molecule has 0 aliphatic carbocycles. The van der Waals surface area contributed by atoms with E-state index in [9.17, 15) is 0 Å². The van der Waals surface area contributed by atoms with Crippen LogP contribution in [0.15, 0.2) is 34.3 Å². The van der Waals surface area contributed by atoms with Crippen molar-refractivity contribution in [2.45, 2.75) is 0 Å². The molecule has 0 N–H and O–H groups in total. The Morgan fingerprint density at radius 2 is 2.16 bits per heavy atom. The Kier molecular flexibility index (Phi) is 3.05. The summed E-state index contributed by atoms with van der Waals surface area (Å²) in [6, 6.07) is 5.93. The van der Waals surface area contributed by atoms with Gasteiger partial charge in [0, 0.05) is 31.2 Å². The Hall–Kier alpha value is -2.14. The third kappa shape index (κ3) is 2.37. The minimum atomic E-state index is 0.609. The van der Waals surface area contributed by atoms with Crippen LogP contribution >= 0.6 is 11.3 Å². The fourth-order valence-corrected chi connectivity index (χ4v) is 2.36. The minimum absolute atomic E-state index is 0.609. The lowest BCUT2D eigenvalue weighted by Crippen LogP contribution is -2.08. The summed E-state index contributed by atoms with van der Waals surface area (Å²) in [5.74, 6) is 0.609. The van der Waals surface area contributed by atoms with E-state index in [0.29, 0.717) is 5.89 Å². The SMILES string of the molecule is CN(C)c1cccc2oc(C=Cc3cncs3)nc12. The molecule has 0 radical (unpaired) electrons. The van der Waals surface area contributed by atoms with Gasteiger partial charge in [0.2, 0.25) is 5.89 Å². The first kappa shape index (κ1) is 11.9. The number of aromatic nitrogens is 2. The molecule has 5 heteroatoms. The lowest BCUT2D eigenvalue weighted by atomic mass is 10.2. The van der Waals surface area contributed by atoms with Crippen molar-refractivity contribution in [3.63, 3.8) is 0 Å². The summed E-state index contributed by atoms with van der Waals surface area (Å²) in [5, 5.41) is 0. The molecule has 0 fully saturated rings. The zero-order chi connectivity index (χ0) is 13.2. The molecule has 2 aromatic heterocycles. The molecule has 3 aromatic rings. The van der Waals surface area contributed by atoms with Crippen LogP contribution in [-0.4, -0.2) is 24.1 Å². The topological polar surface area (TPSA) is 42.2 Å². The summed E-state index contributed by atoms with van der Waals surface area (Å²) in [7, 11) is 3.99. The predicted molar refractivity (Wildman–Crippen MR) is 79.4 cm³/mol. The van der Waals surface area contributed by atoms with Gasteiger partial charge in [0.1, 0.15) is 5.52 Å². The van der Waals surface area contributed by atoms with Gasteiger partial charge in [-0.2, -0.15) is 0 Å². The van der Waals surface area contributed by atoms with Gasteiger partial charge < -0.3 is 9.32 Å². The van der Waals surface area contributed by atoms with Gasteiger partial charge in [0.25, 0.3) is 0 Å². The number of fused-ring (bicyclic) bond motifs is 1. The van der Waals surface area contributed by atoms with Crippen molar-refractivity contribution in [3.8, 4) is 0 Å². The molecular formula is C14H13N3OS. The highest BCUT2D eigenvalue weighted by Gasteiger charge is 2.09. The van der Waals surface area contributed by atoms with E-state index in [2.05, 4.69) is 9.97 Å². The highest BCUT2D eigenvalue weighted by molar-refractivity contribution is 7.10. The van der Waals surface area contributed by atoms with Crippen LogP contribution in [0.3, 0.4) is 0 Å². The predicted octanol–water partition coefficient (Wildman–Crippen LogP) is 3.52. The second-order valence-electron chi connectivity index (χ2n) is 4.31. The molecule has 0 unspecified atom stereocenters. The third-order valence-corrected chi connectivity index (χ3v) is 3.48. The van der Waals surface area contributed by atoms with Crippen molar-refractivity contribution in [2.24, 2.45) is 0 Å². The van der Waals surface area contributed by atoms with E-state index in [-0.39, 0.29) is 0 Å². The average molecular weight is 271 g/mol. The van der Waals surface area contributed by atoms with Crippen LogP contribution in [-0.2, 0) is 0 Å². The maximum absolute atomic E-state index is 5.72. The number of anilines is 1. The van der Waals surface area contributed by atoms with Crippen LogP contribution in [0.2, 0.25) is 0 Å². The first-order valence-electron chi connectivity index (χ1n) is 5.87. The van der Waals surface area contributed by atoms with Gasteiger partial charge in [-0.3, -0.25) is 4.98 Å². The standard InChI is InChI=1S/C14H13N3OS/c1-17(2)11-4-3-5-12-14(11)16-13(18-12)7-6-10-8-15-9-19-10/h3-9H,1-2H3. The molecule has 0 amide bonds. The van der Waals surface area contributed by atoms with Crippen LogP contribution < -0.4 is 4.90 Å². The Balaban J connectivity index is 2.00. The first-order valence-corrected chi connectivity index (χ1v) is 6.75. The van der Waals surface area contributed by atoms with Gasteiger partial charge in [-0.1, -0.05) is 6.07 Å². The van der Waals surface area contributed by atoms with Gasteiger partial charge in [-0.25, -0.2) is 4.98 Å². The summed E-state index contributed by atoms with van der Waals surface area (Å²) in [6.07, 6.45) is 5.64. The number of benzene rings is 1. The van der Waals surface area contributed by atoms with Gasteiger partial charge >= 0.3 is 0 Å². The fraction of sp³-hybridized carbons (Fsp3) is 0.143. The summed E-state index contributed by atoms with van der Waals surface area (Å²) in [5.41, 5.74) is 4.54. The Labute approximate surface area is 115 Å². The van der Waals surface area contributed by atoms with E-state index in [1.54, 1.807) is 16.8 Å². The summed E-state index contributed by atoms with van der Waals surface area (Å²) in [6.45, 7) is 0. The van der Waals surface area contributed by atoms with Crippen molar-refractivity contribution in [3.05, 3.63) is 40.7 Å². The normalized spacial score (nSPS) is 11.5. The van der Waals surface area contributed by atoms with E-state index < -0.39 is 0 Å². The van der Waals surface area contributed by atoms with Crippen molar-refractivity contribution < 1.29 is 4.42 Å². The van der Waals surface area contributed by atoms with Gasteiger partial charge in [0.05, 0.1) is 11.2 Å². The Morgan fingerprint density at radius 1 is 1.26 bits per heavy atom. The molecule has 0 spiro atoms. The zero-order valence-corrected chi connectivity index (χ0v) is 11.5. The van der Waals surface area contributed by atoms with Crippen molar-refractivity contribution in [2.75, 3.05) is 19.0 Å². The molecule has 2 heterocycles. The number of hydrogen-bond acceptors (Lipinski definition) is 5. The second kappa shape index (κ2) is 4.85. The molecule has 0 bridgehead atoms. The van der Waals surface area contributed by atoms with Crippen molar-refractivity contribution >= 4 is 40.3 Å². The summed E-state index contributed by atoms with van der Waals surface area (Å²) >= 11 is 1.58.